The fourth-order valence-electron chi connectivity index (χ4n) is 4.03. The lowest BCUT2D eigenvalue weighted by Crippen LogP contribution is -2.31. The standard InChI is InChI=1S/C17H23N3OS/c21-16-17(8-2-3-9-17)14-12-13(6-7-15(14)18-16)19-22-20-10-4-1-5-11-20/h6-7,12,19H,1-5,8-11H2,(H,18,21). The highest BCUT2D eigenvalue weighted by atomic mass is 32.2. The molecule has 1 spiro atoms. The van der Waals surface area contributed by atoms with Gasteiger partial charge in [0.05, 0.1) is 5.41 Å². The van der Waals surface area contributed by atoms with Gasteiger partial charge >= 0.3 is 0 Å². The normalized spacial score (nSPS) is 23.5. The van der Waals surface area contributed by atoms with E-state index in [1.165, 1.54) is 24.8 Å². The summed E-state index contributed by atoms with van der Waals surface area (Å²) in [5, 5.41) is 3.08. The molecule has 2 N–H and O–H groups in total. The maximum Gasteiger partial charge on any atom is 0.235 e. The Morgan fingerprint density at radius 3 is 2.64 bits per heavy atom. The summed E-state index contributed by atoms with van der Waals surface area (Å²) in [6.07, 6.45) is 8.25. The number of carbonyl (C=O) groups excluding carboxylic acids is 1. The van der Waals surface area contributed by atoms with Gasteiger partial charge in [-0.1, -0.05) is 19.3 Å². The molecule has 0 unspecified atom stereocenters. The molecule has 5 heteroatoms. The van der Waals surface area contributed by atoms with Crippen LogP contribution in [-0.4, -0.2) is 23.3 Å². The van der Waals surface area contributed by atoms with Crippen molar-refractivity contribution in [2.24, 2.45) is 0 Å². The molecule has 1 saturated carbocycles. The largest absolute Gasteiger partial charge is 0.325 e. The van der Waals surface area contributed by atoms with E-state index in [4.69, 9.17) is 0 Å². The van der Waals surface area contributed by atoms with E-state index < -0.39 is 0 Å². The molecule has 118 valence electrons. The van der Waals surface area contributed by atoms with Crippen LogP contribution in [0.25, 0.3) is 0 Å². The number of nitrogens with zero attached hydrogens (tertiary/aromatic N) is 1. The molecule has 3 aliphatic rings. The number of amides is 1. The third-order valence-electron chi connectivity index (χ3n) is 5.28. The summed E-state index contributed by atoms with van der Waals surface area (Å²) in [4.78, 5) is 12.4. The van der Waals surface area contributed by atoms with E-state index in [1.807, 2.05) is 0 Å². The molecule has 0 aromatic heterocycles. The molecule has 2 aliphatic heterocycles. The number of carbonyl (C=O) groups is 1. The van der Waals surface area contributed by atoms with Gasteiger partial charge in [-0.25, -0.2) is 4.31 Å². The van der Waals surface area contributed by atoms with E-state index in [2.05, 4.69) is 32.5 Å². The van der Waals surface area contributed by atoms with Crippen LogP contribution in [0.1, 0.15) is 50.5 Å². The number of anilines is 2. The minimum absolute atomic E-state index is 0.209. The van der Waals surface area contributed by atoms with Gasteiger partial charge < -0.3 is 10.0 Å². The van der Waals surface area contributed by atoms with Crippen molar-refractivity contribution in [2.75, 3.05) is 23.1 Å². The SMILES string of the molecule is O=C1Nc2ccc(NSN3CCCCC3)cc2C12CCCC2. The number of piperidine rings is 1. The summed E-state index contributed by atoms with van der Waals surface area (Å²) in [6, 6.07) is 6.32. The molecule has 4 rings (SSSR count). The van der Waals surface area contributed by atoms with Gasteiger partial charge in [0, 0.05) is 36.6 Å². The predicted octanol–water partition coefficient (Wildman–Crippen LogP) is 3.91. The van der Waals surface area contributed by atoms with Gasteiger partial charge in [0.25, 0.3) is 0 Å². The van der Waals surface area contributed by atoms with Crippen molar-refractivity contribution in [3.63, 3.8) is 0 Å². The monoisotopic (exact) mass is 317 g/mol. The zero-order valence-electron chi connectivity index (χ0n) is 12.9. The van der Waals surface area contributed by atoms with Crippen molar-refractivity contribution in [1.82, 2.24) is 4.31 Å². The van der Waals surface area contributed by atoms with Gasteiger partial charge in [-0.05, 0) is 49.4 Å². The summed E-state index contributed by atoms with van der Waals surface area (Å²) >= 11 is 1.71. The first-order valence-electron chi connectivity index (χ1n) is 8.42. The predicted molar refractivity (Wildman–Crippen MR) is 91.9 cm³/mol. The van der Waals surface area contributed by atoms with Gasteiger partial charge in [-0.15, -0.1) is 0 Å². The van der Waals surface area contributed by atoms with E-state index in [1.54, 1.807) is 12.1 Å². The van der Waals surface area contributed by atoms with Gasteiger partial charge in [0.15, 0.2) is 0 Å². The second kappa shape index (κ2) is 5.78. The molecule has 4 nitrogen and oxygen atoms in total. The highest BCUT2D eigenvalue weighted by molar-refractivity contribution is 7.98. The Bertz CT molecular complexity index is 577. The molecular formula is C17H23N3OS. The lowest BCUT2D eigenvalue weighted by atomic mass is 9.80. The molecule has 2 fully saturated rings. The van der Waals surface area contributed by atoms with Crippen molar-refractivity contribution >= 4 is 29.4 Å². The van der Waals surface area contributed by atoms with Crippen molar-refractivity contribution in [2.45, 2.75) is 50.4 Å². The molecule has 22 heavy (non-hydrogen) atoms. The molecule has 1 saturated heterocycles. The Morgan fingerprint density at radius 1 is 1.09 bits per heavy atom. The zero-order valence-corrected chi connectivity index (χ0v) is 13.7. The molecule has 1 aromatic rings. The van der Waals surface area contributed by atoms with E-state index in [9.17, 15) is 4.79 Å². The summed E-state index contributed by atoms with van der Waals surface area (Å²) in [6.45, 7) is 2.32. The molecular weight excluding hydrogens is 294 g/mol. The maximum atomic E-state index is 12.4. The van der Waals surface area contributed by atoms with Crippen LogP contribution in [0.3, 0.4) is 0 Å². The van der Waals surface area contributed by atoms with Gasteiger partial charge in [-0.2, -0.15) is 0 Å². The van der Waals surface area contributed by atoms with Crippen LogP contribution < -0.4 is 10.0 Å². The maximum absolute atomic E-state index is 12.4. The highest BCUT2D eigenvalue weighted by Crippen LogP contribution is 2.49. The topological polar surface area (TPSA) is 44.4 Å². The van der Waals surface area contributed by atoms with Crippen molar-refractivity contribution in [3.05, 3.63) is 23.8 Å². The summed E-state index contributed by atoms with van der Waals surface area (Å²) < 4.78 is 5.86. The number of nitrogens with one attached hydrogen (secondary N) is 2. The van der Waals surface area contributed by atoms with Crippen molar-refractivity contribution in [3.8, 4) is 0 Å². The molecule has 0 radical (unpaired) electrons. The Labute approximate surface area is 136 Å². The first-order valence-corrected chi connectivity index (χ1v) is 9.19. The number of benzene rings is 1. The van der Waals surface area contributed by atoms with Crippen LogP contribution in [0.4, 0.5) is 11.4 Å². The lowest BCUT2D eigenvalue weighted by molar-refractivity contribution is -0.120. The van der Waals surface area contributed by atoms with Gasteiger partial charge in [0.1, 0.15) is 0 Å². The van der Waals surface area contributed by atoms with E-state index in [0.717, 1.165) is 50.1 Å². The van der Waals surface area contributed by atoms with Gasteiger partial charge in [-0.3, -0.25) is 4.79 Å². The van der Waals surface area contributed by atoms with Crippen LogP contribution in [-0.2, 0) is 10.2 Å². The number of hydrogen-bond donors (Lipinski definition) is 2. The average Bonchev–Trinajstić information content (AvgIpc) is 3.14. The molecule has 0 bridgehead atoms. The van der Waals surface area contributed by atoms with E-state index in [0.29, 0.717) is 0 Å². The van der Waals surface area contributed by atoms with Crippen LogP contribution in [0.15, 0.2) is 18.2 Å². The molecule has 1 aromatic carbocycles. The summed E-state index contributed by atoms with van der Waals surface area (Å²) in [5.74, 6) is 0.209. The number of hydrogen-bond acceptors (Lipinski definition) is 4. The Kier molecular flexibility index (Phi) is 3.78. The first kappa shape index (κ1) is 14.4. The fraction of sp³-hybridized carbons (Fsp3) is 0.588. The minimum atomic E-state index is -0.247. The van der Waals surface area contributed by atoms with Crippen LogP contribution >= 0.6 is 12.1 Å². The zero-order chi connectivity index (χ0) is 15.0. The fourth-order valence-corrected chi connectivity index (χ4v) is 4.83. The molecule has 0 atom stereocenters. The Morgan fingerprint density at radius 2 is 1.86 bits per heavy atom. The summed E-state index contributed by atoms with van der Waals surface area (Å²) in [5.41, 5.74) is 3.08. The van der Waals surface area contributed by atoms with E-state index >= 15 is 0 Å². The molecule has 2 heterocycles. The van der Waals surface area contributed by atoms with Crippen LogP contribution in [0, 0.1) is 0 Å². The quantitative estimate of drug-likeness (QED) is 0.830. The average molecular weight is 317 g/mol. The Hall–Kier alpha value is -1.20. The second-order valence-electron chi connectivity index (χ2n) is 6.69. The first-order chi connectivity index (χ1) is 10.8. The van der Waals surface area contributed by atoms with Crippen molar-refractivity contribution < 1.29 is 4.79 Å². The third-order valence-corrected chi connectivity index (χ3v) is 6.23. The van der Waals surface area contributed by atoms with Gasteiger partial charge in [0.2, 0.25) is 5.91 Å². The second-order valence-corrected chi connectivity index (χ2v) is 7.59. The van der Waals surface area contributed by atoms with Crippen LogP contribution in [0.2, 0.25) is 0 Å². The van der Waals surface area contributed by atoms with Crippen LogP contribution in [0.5, 0.6) is 0 Å². The number of rotatable bonds is 3. The third kappa shape index (κ3) is 2.40. The lowest BCUT2D eigenvalue weighted by Gasteiger charge is -2.25. The Balaban J connectivity index is 1.51. The van der Waals surface area contributed by atoms with E-state index in [-0.39, 0.29) is 11.3 Å². The molecule has 1 aliphatic carbocycles. The number of fused-ring (bicyclic) bond motifs is 2. The van der Waals surface area contributed by atoms with Crippen molar-refractivity contribution in [1.29, 1.82) is 0 Å². The molecule has 1 amide bonds. The minimum Gasteiger partial charge on any atom is -0.325 e. The summed E-state index contributed by atoms with van der Waals surface area (Å²) in [7, 11) is 0. The smallest absolute Gasteiger partial charge is 0.235 e. The highest BCUT2D eigenvalue weighted by Gasteiger charge is 2.48.